The van der Waals surface area contributed by atoms with Gasteiger partial charge in [0, 0.05) is 25.3 Å². The molecule has 1 aromatic rings. The molecule has 3 heteroatoms. The molecule has 0 spiro atoms. The van der Waals surface area contributed by atoms with Crippen LogP contribution in [0.2, 0.25) is 0 Å². The van der Waals surface area contributed by atoms with E-state index in [0.29, 0.717) is 0 Å². The summed E-state index contributed by atoms with van der Waals surface area (Å²) in [4.78, 5) is 2.27. The molecule has 0 bridgehead atoms. The van der Waals surface area contributed by atoms with Crippen LogP contribution in [-0.2, 0) is 13.0 Å². The predicted octanol–water partition coefficient (Wildman–Crippen LogP) is 1.01. The summed E-state index contributed by atoms with van der Waals surface area (Å²) in [5.41, 5.74) is 9.43. The first-order valence-electron chi connectivity index (χ1n) is 5.43. The fourth-order valence-corrected chi connectivity index (χ4v) is 2.23. The summed E-state index contributed by atoms with van der Waals surface area (Å²) < 4.78 is 0. The molecular formula is C12H18N2O. The molecule has 0 amide bonds. The first-order chi connectivity index (χ1) is 7.16. The SMILES string of the molecule is CC(O)CN1CCc2c(N)cccc2C1. The first kappa shape index (κ1) is 10.5. The number of anilines is 1. The van der Waals surface area contributed by atoms with E-state index in [1.165, 1.54) is 11.1 Å². The van der Waals surface area contributed by atoms with Crippen LogP contribution < -0.4 is 5.73 Å². The van der Waals surface area contributed by atoms with Gasteiger partial charge in [-0.1, -0.05) is 12.1 Å². The Balaban J connectivity index is 2.13. The molecule has 0 aromatic heterocycles. The van der Waals surface area contributed by atoms with E-state index in [1.54, 1.807) is 0 Å². The third-order valence-corrected chi connectivity index (χ3v) is 2.90. The van der Waals surface area contributed by atoms with Crippen molar-refractivity contribution in [2.45, 2.75) is 26.0 Å². The maximum absolute atomic E-state index is 9.34. The molecule has 0 aliphatic carbocycles. The van der Waals surface area contributed by atoms with Crippen molar-refractivity contribution < 1.29 is 5.11 Å². The van der Waals surface area contributed by atoms with Gasteiger partial charge in [-0.3, -0.25) is 4.90 Å². The Kier molecular flexibility index (Phi) is 2.93. The lowest BCUT2D eigenvalue weighted by molar-refractivity contribution is 0.119. The molecule has 3 N–H and O–H groups in total. The number of nitrogens with zero attached hydrogens (tertiary/aromatic N) is 1. The van der Waals surface area contributed by atoms with Crippen molar-refractivity contribution in [1.29, 1.82) is 0 Å². The summed E-state index contributed by atoms with van der Waals surface area (Å²) in [6.07, 6.45) is 0.738. The van der Waals surface area contributed by atoms with E-state index in [1.807, 2.05) is 19.1 Å². The largest absolute Gasteiger partial charge is 0.398 e. The van der Waals surface area contributed by atoms with Crippen LogP contribution in [0.4, 0.5) is 5.69 Å². The zero-order valence-electron chi connectivity index (χ0n) is 9.11. The van der Waals surface area contributed by atoms with Gasteiger partial charge in [0.15, 0.2) is 0 Å². The standard InChI is InChI=1S/C12H18N2O/c1-9(15)7-14-6-5-11-10(8-14)3-2-4-12(11)13/h2-4,9,15H,5-8,13H2,1H3. The highest BCUT2D eigenvalue weighted by Crippen LogP contribution is 2.23. The van der Waals surface area contributed by atoms with Gasteiger partial charge in [0.25, 0.3) is 0 Å². The zero-order valence-corrected chi connectivity index (χ0v) is 9.11. The van der Waals surface area contributed by atoms with Gasteiger partial charge in [0.05, 0.1) is 6.10 Å². The van der Waals surface area contributed by atoms with Gasteiger partial charge >= 0.3 is 0 Å². The van der Waals surface area contributed by atoms with Gasteiger partial charge in [-0.2, -0.15) is 0 Å². The summed E-state index contributed by atoms with van der Waals surface area (Å²) in [6.45, 7) is 4.47. The van der Waals surface area contributed by atoms with Crippen molar-refractivity contribution >= 4 is 5.69 Å². The summed E-state index contributed by atoms with van der Waals surface area (Å²) in [7, 11) is 0. The van der Waals surface area contributed by atoms with Crippen molar-refractivity contribution in [1.82, 2.24) is 4.90 Å². The summed E-state index contributed by atoms with van der Waals surface area (Å²) in [6, 6.07) is 6.09. The van der Waals surface area contributed by atoms with E-state index >= 15 is 0 Å². The Morgan fingerprint density at radius 3 is 3.07 bits per heavy atom. The molecule has 15 heavy (non-hydrogen) atoms. The van der Waals surface area contributed by atoms with Crippen LogP contribution in [0.5, 0.6) is 0 Å². The monoisotopic (exact) mass is 206 g/mol. The number of rotatable bonds is 2. The van der Waals surface area contributed by atoms with Gasteiger partial charge in [0.2, 0.25) is 0 Å². The lowest BCUT2D eigenvalue weighted by Crippen LogP contribution is -2.35. The van der Waals surface area contributed by atoms with E-state index in [-0.39, 0.29) is 6.10 Å². The highest BCUT2D eigenvalue weighted by Gasteiger charge is 2.18. The highest BCUT2D eigenvalue weighted by atomic mass is 16.3. The minimum absolute atomic E-state index is 0.257. The molecule has 1 atom stereocenters. The molecule has 1 heterocycles. The summed E-state index contributed by atoms with van der Waals surface area (Å²) in [5.74, 6) is 0. The Labute approximate surface area is 90.5 Å². The Hall–Kier alpha value is -1.06. The molecule has 0 saturated carbocycles. The third-order valence-electron chi connectivity index (χ3n) is 2.90. The molecular weight excluding hydrogens is 188 g/mol. The van der Waals surface area contributed by atoms with Gasteiger partial charge < -0.3 is 10.8 Å². The van der Waals surface area contributed by atoms with Crippen LogP contribution in [0.25, 0.3) is 0 Å². The van der Waals surface area contributed by atoms with Crippen molar-refractivity contribution in [2.24, 2.45) is 0 Å². The predicted molar refractivity (Wildman–Crippen MR) is 61.5 cm³/mol. The van der Waals surface area contributed by atoms with E-state index in [4.69, 9.17) is 5.73 Å². The molecule has 82 valence electrons. The second-order valence-electron chi connectivity index (χ2n) is 4.32. The summed E-state index contributed by atoms with van der Waals surface area (Å²) in [5, 5.41) is 9.34. The van der Waals surface area contributed by atoms with Crippen molar-refractivity contribution in [2.75, 3.05) is 18.8 Å². The Morgan fingerprint density at radius 2 is 2.33 bits per heavy atom. The molecule has 1 aliphatic rings. The van der Waals surface area contributed by atoms with Crippen LogP contribution in [0.3, 0.4) is 0 Å². The first-order valence-corrected chi connectivity index (χ1v) is 5.43. The Morgan fingerprint density at radius 1 is 1.53 bits per heavy atom. The quantitative estimate of drug-likeness (QED) is 0.710. The lowest BCUT2D eigenvalue weighted by Gasteiger charge is -2.30. The minimum Gasteiger partial charge on any atom is -0.398 e. The normalized spacial score (nSPS) is 18.5. The lowest BCUT2D eigenvalue weighted by atomic mass is 9.98. The van der Waals surface area contributed by atoms with Gasteiger partial charge in [-0.15, -0.1) is 0 Å². The molecule has 1 aliphatic heterocycles. The third kappa shape index (κ3) is 2.30. The topological polar surface area (TPSA) is 49.5 Å². The van der Waals surface area contributed by atoms with Gasteiger partial charge in [-0.05, 0) is 30.5 Å². The maximum Gasteiger partial charge on any atom is 0.0639 e. The molecule has 2 rings (SSSR count). The highest BCUT2D eigenvalue weighted by molar-refractivity contribution is 5.51. The smallest absolute Gasteiger partial charge is 0.0639 e. The van der Waals surface area contributed by atoms with Gasteiger partial charge in [-0.25, -0.2) is 0 Å². The number of benzene rings is 1. The number of aliphatic hydroxyl groups excluding tert-OH is 1. The van der Waals surface area contributed by atoms with Crippen LogP contribution in [0, 0.1) is 0 Å². The molecule has 0 radical (unpaired) electrons. The Bertz CT molecular complexity index is 349. The second kappa shape index (κ2) is 4.21. The number of aliphatic hydroxyl groups is 1. The van der Waals surface area contributed by atoms with E-state index in [0.717, 1.165) is 31.7 Å². The second-order valence-corrected chi connectivity index (χ2v) is 4.32. The molecule has 1 aromatic carbocycles. The molecule has 1 unspecified atom stereocenters. The van der Waals surface area contributed by atoms with Crippen molar-refractivity contribution in [3.63, 3.8) is 0 Å². The number of hydrogen-bond donors (Lipinski definition) is 2. The van der Waals surface area contributed by atoms with Crippen LogP contribution in [0.15, 0.2) is 18.2 Å². The molecule has 0 saturated heterocycles. The number of nitrogens with two attached hydrogens (primary N) is 1. The van der Waals surface area contributed by atoms with Gasteiger partial charge in [0.1, 0.15) is 0 Å². The zero-order chi connectivity index (χ0) is 10.8. The maximum atomic E-state index is 9.34. The molecule has 3 nitrogen and oxygen atoms in total. The fourth-order valence-electron chi connectivity index (χ4n) is 2.23. The van der Waals surface area contributed by atoms with Crippen LogP contribution in [-0.4, -0.2) is 29.2 Å². The number of nitrogen functional groups attached to an aromatic ring is 1. The van der Waals surface area contributed by atoms with E-state index < -0.39 is 0 Å². The average Bonchev–Trinajstić information content (AvgIpc) is 2.17. The van der Waals surface area contributed by atoms with Crippen LogP contribution >= 0.6 is 0 Å². The molecule has 0 fully saturated rings. The summed E-state index contributed by atoms with van der Waals surface area (Å²) >= 11 is 0. The number of fused-ring (bicyclic) bond motifs is 1. The number of β-amino-alcohol motifs (C(OH)–C–C–N with tert-alkyl or cyclic N) is 1. The van der Waals surface area contributed by atoms with Crippen molar-refractivity contribution in [3.8, 4) is 0 Å². The fraction of sp³-hybridized carbons (Fsp3) is 0.500. The average molecular weight is 206 g/mol. The number of hydrogen-bond acceptors (Lipinski definition) is 3. The van der Waals surface area contributed by atoms with Crippen molar-refractivity contribution in [3.05, 3.63) is 29.3 Å². The minimum atomic E-state index is -0.257. The van der Waals surface area contributed by atoms with Crippen LogP contribution in [0.1, 0.15) is 18.1 Å². The van der Waals surface area contributed by atoms with E-state index in [2.05, 4.69) is 11.0 Å². The van der Waals surface area contributed by atoms with E-state index in [9.17, 15) is 5.11 Å².